The molecular weight excluding hydrogens is 565 g/mol. The Morgan fingerprint density at radius 3 is 2.19 bits per heavy atom. The first-order valence-corrected chi connectivity index (χ1v) is 16.9. The Morgan fingerprint density at radius 1 is 0.907 bits per heavy atom. The first kappa shape index (κ1) is 32.2. The van der Waals surface area contributed by atoms with Gasteiger partial charge in [0.2, 0.25) is 21.8 Å². The maximum atomic E-state index is 14.0. The van der Waals surface area contributed by atoms with Crippen molar-refractivity contribution in [2.24, 2.45) is 0 Å². The minimum Gasteiger partial charge on any atom is -0.352 e. The summed E-state index contributed by atoms with van der Waals surface area (Å²) in [6, 6.07) is 22.0. The molecule has 4 rings (SSSR count). The maximum absolute atomic E-state index is 14.0. The smallest absolute Gasteiger partial charge is 0.243 e. The second kappa shape index (κ2) is 15.1. The van der Waals surface area contributed by atoms with E-state index in [2.05, 4.69) is 5.32 Å². The number of benzene rings is 3. The summed E-state index contributed by atoms with van der Waals surface area (Å²) in [6.45, 7) is 2.18. The third-order valence-electron chi connectivity index (χ3n) is 7.96. The van der Waals surface area contributed by atoms with E-state index in [-0.39, 0.29) is 49.6 Å². The predicted octanol–water partition coefficient (Wildman–Crippen LogP) is 5.77. The molecule has 0 aliphatic heterocycles. The van der Waals surface area contributed by atoms with Crippen molar-refractivity contribution < 1.29 is 22.4 Å². The van der Waals surface area contributed by atoms with Gasteiger partial charge in [-0.2, -0.15) is 0 Å². The lowest BCUT2D eigenvalue weighted by Gasteiger charge is -2.34. The number of aryl methyl sites for hydroxylation is 1. The molecule has 2 amide bonds. The molecule has 1 atom stereocenters. The summed E-state index contributed by atoms with van der Waals surface area (Å²) in [5.41, 5.74) is 3.18. The number of nitrogens with one attached hydrogen (secondary N) is 1. The van der Waals surface area contributed by atoms with Crippen LogP contribution in [-0.4, -0.2) is 50.0 Å². The number of sulfonamides is 1. The average Bonchev–Trinajstić information content (AvgIpc) is 2.99. The highest BCUT2D eigenvalue weighted by Crippen LogP contribution is 2.22. The Bertz CT molecular complexity index is 1440. The number of anilines is 1. The summed E-state index contributed by atoms with van der Waals surface area (Å²) in [7, 11) is -3.58. The van der Waals surface area contributed by atoms with Gasteiger partial charge in [0.15, 0.2) is 0 Å². The van der Waals surface area contributed by atoms with Gasteiger partial charge in [-0.3, -0.25) is 13.9 Å². The molecular formula is C34H42FN3O4S. The van der Waals surface area contributed by atoms with E-state index in [1.807, 2.05) is 49.4 Å². The number of nitrogens with zero attached hydrogens (tertiary/aromatic N) is 2. The number of amides is 2. The van der Waals surface area contributed by atoms with Crippen LogP contribution in [0.5, 0.6) is 0 Å². The lowest BCUT2D eigenvalue weighted by Crippen LogP contribution is -2.52. The fourth-order valence-corrected chi connectivity index (χ4v) is 6.57. The number of hydrogen-bond acceptors (Lipinski definition) is 4. The maximum Gasteiger partial charge on any atom is 0.243 e. The molecule has 1 aliphatic carbocycles. The molecule has 0 bridgehead atoms. The van der Waals surface area contributed by atoms with E-state index >= 15 is 0 Å². The Kier molecular flexibility index (Phi) is 11.3. The van der Waals surface area contributed by atoms with Gasteiger partial charge >= 0.3 is 0 Å². The van der Waals surface area contributed by atoms with Crippen molar-refractivity contribution in [1.82, 2.24) is 10.2 Å². The molecule has 0 saturated heterocycles. The van der Waals surface area contributed by atoms with Crippen LogP contribution in [0.25, 0.3) is 0 Å². The highest BCUT2D eigenvalue weighted by molar-refractivity contribution is 7.92. The molecule has 1 saturated carbocycles. The minimum atomic E-state index is -3.58. The zero-order valence-corrected chi connectivity index (χ0v) is 25.9. The zero-order valence-electron chi connectivity index (χ0n) is 25.0. The third-order valence-corrected chi connectivity index (χ3v) is 9.16. The van der Waals surface area contributed by atoms with Crippen molar-refractivity contribution >= 4 is 27.5 Å². The summed E-state index contributed by atoms with van der Waals surface area (Å²) in [5.74, 6) is -0.848. The van der Waals surface area contributed by atoms with Crippen LogP contribution >= 0.6 is 0 Å². The second-order valence-corrected chi connectivity index (χ2v) is 13.4. The normalized spacial score (nSPS) is 14.6. The molecule has 1 N–H and O–H groups in total. The van der Waals surface area contributed by atoms with Gasteiger partial charge in [-0.25, -0.2) is 12.8 Å². The fourth-order valence-electron chi connectivity index (χ4n) is 5.60. The van der Waals surface area contributed by atoms with Gasteiger partial charge in [-0.05, 0) is 61.6 Å². The van der Waals surface area contributed by atoms with Crippen LogP contribution < -0.4 is 9.62 Å². The Labute approximate surface area is 255 Å². The van der Waals surface area contributed by atoms with Crippen LogP contribution in [0.1, 0.15) is 61.6 Å². The van der Waals surface area contributed by atoms with Crippen LogP contribution in [0, 0.1) is 12.7 Å². The van der Waals surface area contributed by atoms with Gasteiger partial charge in [0.25, 0.3) is 0 Å². The summed E-state index contributed by atoms with van der Waals surface area (Å²) in [4.78, 5) is 29.4. The quantitative estimate of drug-likeness (QED) is 0.267. The number of carbonyl (C=O) groups excluding carboxylic acids is 2. The molecule has 7 nitrogen and oxygen atoms in total. The van der Waals surface area contributed by atoms with Crippen molar-refractivity contribution in [1.29, 1.82) is 0 Å². The number of carbonyl (C=O) groups is 2. The highest BCUT2D eigenvalue weighted by atomic mass is 32.2. The molecule has 9 heteroatoms. The molecule has 3 aromatic carbocycles. The Morgan fingerprint density at radius 2 is 1.56 bits per heavy atom. The lowest BCUT2D eigenvalue weighted by atomic mass is 9.94. The first-order valence-electron chi connectivity index (χ1n) is 15.0. The molecule has 3 aromatic rings. The van der Waals surface area contributed by atoms with E-state index in [1.165, 1.54) is 16.4 Å². The van der Waals surface area contributed by atoms with Crippen LogP contribution in [-0.2, 0) is 32.6 Å². The summed E-state index contributed by atoms with van der Waals surface area (Å²) in [5, 5.41) is 3.21. The average molecular weight is 608 g/mol. The zero-order chi connectivity index (χ0) is 30.8. The van der Waals surface area contributed by atoms with Crippen molar-refractivity contribution in [3.63, 3.8) is 0 Å². The molecule has 0 radical (unpaired) electrons. The molecule has 0 heterocycles. The molecule has 0 aromatic heterocycles. The number of hydrogen-bond donors (Lipinski definition) is 1. The first-order chi connectivity index (χ1) is 20.6. The molecule has 0 spiro atoms. The second-order valence-electron chi connectivity index (χ2n) is 11.5. The van der Waals surface area contributed by atoms with Gasteiger partial charge in [-0.15, -0.1) is 0 Å². The van der Waals surface area contributed by atoms with Crippen molar-refractivity contribution in [2.75, 3.05) is 17.1 Å². The van der Waals surface area contributed by atoms with E-state index in [9.17, 15) is 22.4 Å². The summed E-state index contributed by atoms with van der Waals surface area (Å²) in [6.07, 6.45) is 6.89. The Balaban J connectivity index is 1.58. The minimum absolute atomic E-state index is 0.0427. The predicted molar refractivity (Wildman–Crippen MR) is 169 cm³/mol. The van der Waals surface area contributed by atoms with E-state index in [4.69, 9.17) is 0 Å². The van der Waals surface area contributed by atoms with Crippen LogP contribution in [0.3, 0.4) is 0 Å². The molecule has 0 unspecified atom stereocenters. The summed E-state index contributed by atoms with van der Waals surface area (Å²) < 4.78 is 40.3. The Hall–Kier alpha value is -3.72. The SMILES string of the molecule is Cc1ccc(N(CCCC(=O)N(Cc2ccc(F)cc2)[C@H](Cc2ccccc2)C(=O)NC2CCCCC2)S(C)(=O)=O)cc1. The molecule has 1 aliphatic rings. The monoisotopic (exact) mass is 607 g/mol. The summed E-state index contributed by atoms with van der Waals surface area (Å²) >= 11 is 0. The van der Waals surface area contributed by atoms with E-state index < -0.39 is 16.1 Å². The molecule has 43 heavy (non-hydrogen) atoms. The third kappa shape index (κ3) is 9.64. The topological polar surface area (TPSA) is 86.8 Å². The van der Waals surface area contributed by atoms with Gasteiger partial charge in [0.1, 0.15) is 11.9 Å². The highest BCUT2D eigenvalue weighted by Gasteiger charge is 2.32. The molecule has 1 fully saturated rings. The van der Waals surface area contributed by atoms with Gasteiger partial charge in [0.05, 0.1) is 11.9 Å². The van der Waals surface area contributed by atoms with E-state index in [0.29, 0.717) is 17.7 Å². The number of rotatable bonds is 13. The van der Waals surface area contributed by atoms with Crippen LogP contribution in [0.2, 0.25) is 0 Å². The van der Waals surface area contributed by atoms with Crippen molar-refractivity contribution in [3.8, 4) is 0 Å². The molecule has 230 valence electrons. The van der Waals surface area contributed by atoms with Gasteiger partial charge in [0, 0.05) is 32.0 Å². The number of halogens is 1. The largest absolute Gasteiger partial charge is 0.352 e. The van der Waals surface area contributed by atoms with Gasteiger partial charge < -0.3 is 10.2 Å². The van der Waals surface area contributed by atoms with Crippen LogP contribution in [0.15, 0.2) is 78.9 Å². The standard InChI is InChI=1S/C34H42FN3O4S/c1-26-15-21-31(22-16-26)38(43(2,41)42)23-9-14-33(39)37(25-28-17-19-29(35)20-18-28)32(24-27-10-5-3-6-11-27)34(40)36-30-12-7-4-8-13-30/h3,5-6,10-11,15-22,30,32H,4,7-9,12-14,23-25H2,1-2H3,(H,36,40)/t32-/m1/s1. The van der Waals surface area contributed by atoms with Crippen LogP contribution in [0.4, 0.5) is 10.1 Å². The van der Waals surface area contributed by atoms with Crippen molar-refractivity contribution in [2.45, 2.75) is 76.9 Å². The van der Waals surface area contributed by atoms with Gasteiger partial charge in [-0.1, -0.05) is 79.4 Å². The van der Waals surface area contributed by atoms with Crippen molar-refractivity contribution in [3.05, 3.63) is 101 Å². The van der Waals surface area contributed by atoms with E-state index in [0.717, 1.165) is 49.5 Å². The fraction of sp³-hybridized carbons (Fsp3) is 0.412. The lowest BCUT2D eigenvalue weighted by molar-refractivity contribution is -0.141. The van der Waals surface area contributed by atoms with E-state index in [1.54, 1.807) is 29.2 Å².